The molecule has 6 heteroatoms. The second kappa shape index (κ2) is 7.45. The molecule has 0 amide bonds. The smallest absolute Gasteiger partial charge is 0.243 e. The first-order chi connectivity index (χ1) is 13.5. The van der Waals surface area contributed by atoms with E-state index in [1.54, 1.807) is 24.3 Å². The molecule has 0 fully saturated rings. The Hall–Kier alpha value is -2.57. The van der Waals surface area contributed by atoms with Crippen LogP contribution < -0.4 is 4.74 Å². The number of nitrogens with zero attached hydrogens (tertiary/aromatic N) is 1. The van der Waals surface area contributed by atoms with Gasteiger partial charge in [-0.3, -0.25) is 0 Å². The Balaban J connectivity index is 1.58. The predicted molar refractivity (Wildman–Crippen MR) is 112 cm³/mol. The van der Waals surface area contributed by atoms with Crippen molar-refractivity contribution in [2.45, 2.75) is 25.2 Å². The summed E-state index contributed by atoms with van der Waals surface area (Å²) in [6.45, 7) is 5.38. The molecule has 5 nitrogen and oxygen atoms in total. The maximum Gasteiger partial charge on any atom is 0.243 e. The molecule has 0 spiro atoms. The first-order valence-electron chi connectivity index (χ1n) is 9.50. The molecule has 0 aliphatic carbocycles. The van der Waals surface area contributed by atoms with Crippen LogP contribution >= 0.6 is 0 Å². The van der Waals surface area contributed by atoms with Gasteiger partial charge < -0.3 is 9.72 Å². The van der Waals surface area contributed by atoms with Crippen LogP contribution in [0.5, 0.6) is 5.75 Å². The van der Waals surface area contributed by atoms with Gasteiger partial charge in [0.2, 0.25) is 10.0 Å². The zero-order valence-corrected chi connectivity index (χ0v) is 16.9. The van der Waals surface area contributed by atoms with Crippen LogP contribution in [0, 0.1) is 6.92 Å². The largest absolute Gasteiger partial charge is 0.494 e. The zero-order valence-electron chi connectivity index (χ0n) is 16.1. The highest BCUT2D eigenvalue weighted by atomic mass is 32.2. The molecule has 2 heterocycles. The summed E-state index contributed by atoms with van der Waals surface area (Å²) in [5.41, 5.74) is 4.64. The van der Waals surface area contributed by atoms with Gasteiger partial charge in [0.1, 0.15) is 5.75 Å². The molecular formula is C22H24N2O3S. The second-order valence-electron chi connectivity index (χ2n) is 6.92. The van der Waals surface area contributed by atoms with Gasteiger partial charge in [-0.2, -0.15) is 4.31 Å². The number of aromatic nitrogens is 1. The van der Waals surface area contributed by atoms with Crippen molar-refractivity contribution in [3.8, 4) is 5.75 Å². The molecule has 1 aliphatic rings. The highest BCUT2D eigenvalue weighted by Crippen LogP contribution is 2.33. The van der Waals surface area contributed by atoms with Crippen molar-refractivity contribution >= 4 is 26.5 Å². The number of nitrogens with one attached hydrogen (secondary N) is 1. The van der Waals surface area contributed by atoms with Crippen LogP contribution in [0.15, 0.2) is 59.5 Å². The first-order valence-corrected chi connectivity index (χ1v) is 10.9. The summed E-state index contributed by atoms with van der Waals surface area (Å²) in [6, 6.07) is 14.9. The van der Waals surface area contributed by atoms with Crippen molar-refractivity contribution in [2.24, 2.45) is 0 Å². The van der Waals surface area contributed by atoms with Crippen LogP contribution in [-0.2, 0) is 10.0 Å². The fourth-order valence-corrected chi connectivity index (χ4v) is 5.19. The highest BCUT2D eigenvalue weighted by molar-refractivity contribution is 7.89. The summed E-state index contributed by atoms with van der Waals surface area (Å²) in [7, 11) is -3.51. The maximum absolute atomic E-state index is 13.0. The number of aromatic amines is 1. The number of ether oxygens (including phenoxy) is 1. The Morgan fingerprint density at radius 1 is 1.11 bits per heavy atom. The summed E-state index contributed by atoms with van der Waals surface area (Å²) >= 11 is 0. The van der Waals surface area contributed by atoms with E-state index in [1.165, 1.54) is 20.8 Å². The average molecular weight is 397 g/mol. The van der Waals surface area contributed by atoms with Crippen LogP contribution in [0.1, 0.15) is 24.6 Å². The number of hydrogen-bond acceptors (Lipinski definition) is 3. The second-order valence-corrected chi connectivity index (χ2v) is 8.86. The number of sulfonamides is 1. The average Bonchev–Trinajstić information content (AvgIpc) is 3.04. The van der Waals surface area contributed by atoms with Crippen LogP contribution in [0.25, 0.3) is 16.5 Å². The van der Waals surface area contributed by atoms with E-state index in [9.17, 15) is 8.42 Å². The van der Waals surface area contributed by atoms with Crippen molar-refractivity contribution in [1.82, 2.24) is 9.29 Å². The van der Waals surface area contributed by atoms with Gasteiger partial charge in [0.05, 0.1) is 11.5 Å². The van der Waals surface area contributed by atoms with Crippen molar-refractivity contribution in [3.05, 3.63) is 65.9 Å². The Morgan fingerprint density at radius 2 is 1.86 bits per heavy atom. The third kappa shape index (κ3) is 3.34. The lowest BCUT2D eigenvalue weighted by Gasteiger charge is -2.26. The van der Waals surface area contributed by atoms with Gasteiger partial charge in [0.25, 0.3) is 0 Å². The van der Waals surface area contributed by atoms with Crippen molar-refractivity contribution in [1.29, 1.82) is 0 Å². The van der Waals surface area contributed by atoms with E-state index in [4.69, 9.17) is 4.74 Å². The number of H-pyrrole nitrogens is 1. The van der Waals surface area contributed by atoms with Crippen LogP contribution in [0.3, 0.4) is 0 Å². The van der Waals surface area contributed by atoms with E-state index in [-0.39, 0.29) is 0 Å². The van der Waals surface area contributed by atoms with Crippen LogP contribution in [-0.4, -0.2) is 37.4 Å². The number of para-hydroxylation sites is 1. The number of hydrogen-bond donors (Lipinski definition) is 1. The lowest BCUT2D eigenvalue weighted by Crippen LogP contribution is -2.34. The third-order valence-electron chi connectivity index (χ3n) is 5.16. The molecule has 146 valence electrons. The molecule has 0 atom stereocenters. The Bertz CT molecular complexity index is 1130. The minimum atomic E-state index is -3.51. The quantitative estimate of drug-likeness (QED) is 0.697. The molecule has 0 unspecified atom stereocenters. The fraction of sp³-hybridized carbons (Fsp3) is 0.273. The normalized spacial score (nSPS) is 15.6. The number of rotatable bonds is 5. The topological polar surface area (TPSA) is 62.4 Å². The van der Waals surface area contributed by atoms with Gasteiger partial charge in [-0.25, -0.2) is 8.42 Å². The standard InChI is InChI=1S/C22H24N2O3S/c1-3-27-18-8-10-19(11-9-18)28(25,26)24-14-12-17(13-15-24)22-16(2)23-21-7-5-4-6-20(21)22/h4-12,23H,3,13-15H2,1-2H3. The maximum atomic E-state index is 13.0. The Morgan fingerprint density at radius 3 is 2.54 bits per heavy atom. The van der Waals surface area contributed by atoms with E-state index in [0.29, 0.717) is 36.8 Å². The first kappa shape index (κ1) is 18.8. The molecule has 1 N–H and O–H groups in total. The molecule has 2 aromatic carbocycles. The predicted octanol–water partition coefficient (Wildman–Crippen LogP) is 4.35. The van der Waals surface area contributed by atoms with Gasteiger partial charge in [-0.1, -0.05) is 24.3 Å². The molecular weight excluding hydrogens is 372 g/mol. The number of fused-ring (bicyclic) bond motifs is 1. The van der Waals surface area contributed by atoms with Crippen molar-refractivity contribution in [3.63, 3.8) is 0 Å². The summed E-state index contributed by atoms with van der Waals surface area (Å²) < 4.78 is 32.9. The van der Waals surface area contributed by atoms with Crippen molar-refractivity contribution in [2.75, 3.05) is 19.7 Å². The highest BCUT2D eigenvalue weighted by Gasteiger charge is 2.27. The zero-order chi connectivity index (χ0) is 19.7. The monoisotopic (exact) mass is 396 g/mol. The summed E-state index contributed by atoms with van der Waals surface area (Å²) in [6.07, 6.45) is 2.73. The van der Waals surface area contributed by atoms with Crippen LogP contribution in [0.4, 0.5) is 0 Å². The molecule has 0 radical (unpaired) electrons. The summed E-state index contributed by atoms with van der Waals surface area (Å²) in [5, 5.41) is 1.19. The van der Waals surface area contributed by atoms with E-state index in [1.807, 2.05) is 25.1 Å². The van der Waals surface area contributed by atoms with E-state index in [0.717, 1.165) is 11.2 Å². The number of aryl methyl sites for hydroxylation is 1. The van der Waals surface area contributed by atoms with E-state index >= 15 is 0 Å². The van der Waals surface area contributed by atoms with Gasteiger partial charge in [0.15, 0.2) is 0 Å². The van der Waals surface area contributed by atoms with Gasteiger partial charge in [-0.05, 0) is 56.2 Å². The molecule has 3 aromatic rings. The Kier molecular flexibility index (Phi) is 5.00. The van der Waals surface area contributed by atoms with E-state index < -0.39 is 10.0 Å². The van der Waals surface area contributed by atoms with Gasteiger partial charge >= 0.3 is 0 Å². The molecule has 0 saturated heterocycles. The fourth-order valence-electron chi connectivity index (χ4n) is 3.81. The lowest BCUT2D eigenvalue weighted by molar-refractivity contribution is 0.340. The molecule has 4 rings (SSSR count). The molecule has 1 aromatic heterocycles. The minimum Gasteiger partial charge on any atom is -0.494 e. The van der Waals surface area contributed by atoms with Gasteiger partial charge in [0, 0.05) is 35.2 Å². The molecule has 1 aliphatic heterocycles. The van der Waals surface area contributed by atoms with Crippen molar-refractivity contribution < 1.29 is 13.2 Å². The molecule has 28 heavy (non-hydrogen) atoms. The lowest BCUT2D eigenvalue weighted by atomic mass is 9.97. The number of benzene rings is 2. The van der Waals surface area contributed by atoms with E-state index in [2.05, 4.69) is 24.0 Å². The summed E-state index contributed by atoms with van der Waals surface area (Å²) in [5.74, 6) is 0.678. The Labute approximate surface area is 165 Å². The molecule has 0 bridgehead atoms. The molecule has 0 saturated carbocycles. The van der Waals surface area contributed by atoms with Crippen LogP contribution in [0.2, 0.25) is 0 Å². The summed E-state index contributed by atoms with van der Waals surface area (Å²) in [4.78, 5) is 3.72. The van der Waals surface area contributed by atoms with Gasteiger partial charge in [-0.15, -0.1) is 0 Å². The third-order valence-corrected chi connectivity index (χ3v) is 7.04. The SMILES string of the molecule is CCOc1ccc(S(=O)(=O)N2CC=C(c3c(C)[nH]c4ccccc34)CC2)cc1. The minimum absolute atomic E-state index is 0.302.